The lowest BCUT2D eigenvalue weighted by Gasteiger charge is -2.21. The van der Waals surface area contributed by atoms with Crippen LogP contribution in [0.5, 0.6) is 0 Å². The Bertz CT molecular complexity index is 819. The lowest BCUT2D eigenvalue weighted by Crippen LogP contribution is -2.42. The van der Waals surface area contributed by atoms with Gasteiger partial charge in [0.25, 0.3) is 5.91 Å². The van der Waals surface area contributed by atoms with Gasteiger partial charge >= 0.3 is 5.97 Å². The minimum absolute atomic E-state index is 0.209. The Morgan fingerprint density at radius 1 is 1.18 bits per heavy atom. The van der Waals surface area contributed by atoms with Gasteiger partial charge in [0.05, 0.1) is 11.2 Å². The van der Waals surface area contributed by atoms with E-state index in [1.54, 1.807) is 6.07 Å². The first-order chi connectivity index (χ1) is 13.1. The summed E-state index contributed by atoms with van der Waals surface area (Å²) in [5.41, 5.74) is 3.05. The highest BCUT2D eigenvalue weighted by Crippen LogP contribution is 2.18. The Balaban J connectivity index is 2.10. The molecule has 1 aromatic carbocycles. The van der Waals surface area contributed by atoms with Crippen LogP contribution in [0.1, 0.15) is 54.5 Å². The van der Waals surface area contributed by atoms with Crippen LogP contribution in [0.4, 0.5) is 0 Å². The van der Waals surface area contributed by atoms with Crippen LogP contribution in [-0.2, 0) is 16.1 Å². The molecule has 1 amide bonds. The van der Waals surface area contributed by atoms with Crippen LogP contribution in [0.15, 0.2) is 36.4 Å². The van der Waals surface area contributed by atoms with Crippen molar-refractivity contribution in [3.8, 4) is 0 Å². The fraction of sp³-hybridized carbons (Fsp3) is 0.455. The Hall–Kier alpha value is -2.60. The molecule has 0 fully saturated rings. The SMILES string of the molecule is Cc1cc(C(=O)NC(CCOC(C)(C)C)C(=O)O)c(C)n1Cc1ccccc1. The second-order valence-corrected chi connectivity index (χ2v) is 7.97. The van der Waals surface area contributed by atoms with Crippen molar-refractivity contribution in [3.63, 3.8) is 0 Å². The second-order valence-electron chi connectivity index (χ2n) is 7.97. The summed E-state index contributed by atoms with van der Waals surface area (Å²) in [6.07, 6.45) is 0.209. The van der Waals surface area contributed by atoms with Gasteiger partial charge < -0.3 is 19.7 Å². The van der Waals surface area contributed by atoms with Gasteiger partial charge in [-0.2, -0.15) is 0 Å². The number of carbonyl (C=O) groups is 2. The number of carboxylic acids is 1. The van der Waals surface area contributed by atoms with E-state index in [-0.39, 0.29) is 24.5 Å². The Morgan fingerprint density at radius 2 is 1.82 bits per heavy atom. The van der Waals surface area contributed by atoms with Crippen LogP contribution < -0.4 is 5.32 Å². The van der Waals surface area contributed by atoms with Gasteiger partial charge in [-0.15, -0.1) is 0 Å². The quantitative estimate of drug-likeness (QED) is 0.727. The van der Waals surface area contributed by atoms with Crippen molar-refractivity contribution in [1.82, 2.24) is 9.88 Å². The number of ether oxygens (including phenoxy) is 1. The van der Waals surface area contributed by atoms with Crippen molar-refractivity contribution >= 4 is 11.9 Å². The lowest BCUT2D eigenvalue weighted by molar-refractivity contribution is -0.140. The Labute approximate surface area is 166 Å². The molecule has 6 heteroatoms. The van der Waals surface area contributed by atoms with Gasteiger partial charge in [-0.05, 0) is 46.2 Å². The van der Waals surface area contributed by atoms with E-state index in [1.807, 2.05) is 65.0 Å². The molecular weight excluding hydrogens is 356 g/mol. The van der Waals surface area contributed by atoms with Crippen LogP contribution in [0.25, 0.3) is 0 Å². The molecule has 0 saturated heterocycles. The molecule has 0 bridgehead atoms. The number of amides is 1. The van der Waals surface area contributed by atoms with E-state index >= 15 is 0 Å². The molecule has 2 aromatic rings. The molecule has 0 aliphatic heterocycles. The minimum Gasteiger partial charge on any atom is -0.480 e. The fourth-order valence-corrected chi connectivity index (χ4v) is 3.02. The normalized spacial score (nSPS) is 12.6. The summed E-state index contributed by atoms with van der Waals surface area (Å²) in [4.78, 5) is 24.3. The summed E-state index contributed by atoms with van der Waals surface area (Å²) < 4.78 is 7.65. The summed E-state index contributed by atoms with van der Waals surface area (Å²) in [5, 5.41) is 12.1. The van der Waals surface area contributed by atoms with Crippen molar-refractivity contribution in [3.05, 3.63) is 58.9 Å². The Kier molecular flexibility index (Phi) is 7.02. The zero-order valence-corrected chi connectivity index (χ0v) is 17.3. The molecule has 2 rings (SSSR count). The van der Waals surface area contributed by atoms with Gasteiger partial charge in [0.15, 0.2) is 0 Å². The standard InChI is InChI=1S/C22H30N2O4/c1-15-13-18(16(2)24(15)14-17-9-7-6-8-10-17)20(25)23-19(21(26)27)11-12-28-22(3,4)5/h6-10,13,19H,11-12,14H2,1-5H3,(H,23,25)(H,26,27). The molecule has 1 aromatic heterocycles. The lowest BCUT2D eigenvalue weighted by atomic mass is 10.1. The molecule has 1 atom stereocenters. The fourth-order valence-electron chi connectivity index (χ4n) is 3.02. The van der Waals surface area contributed by atoms with Crippen molar-refractivity contribution in [2.75, 3.05) is 6.61 Å². The maximum absolute atomic E-state index is 12.7. The first-order valence-electron chi connectivity index (χ1n) is 9.47. The number of aliphatic carboxylic acids is 1. The average molecular weight is 386 g/mol. The molecule has 0 saturated carbocycles. The molecular formula is C22H30N2O4. The number of aromatic nitrogens is 1. The maximum atomic E-state index is 12.7. The van der Waals surface area contributed by atoms with Crippen molar-refractivity contribution < 1.29 is 19.4 Å². The van der Waals surface area contributed by atoms with Crippen molar-refractivity contribution in [1.29, 1.82) is 0 Å². The third kappa shape index (κ3) is 5.96. The van der Waals surface area contributed by atoms with Crippen LogP contribution >= 0.6 is 0 Å². The van der Waals surface area contributed by atoms with Gasteiger partial charge in [-0.3, -0.25) is 4.79 Å². The molecule has 2 N–H and O–H groups in total. The smallest absolute Gasteiger partial charge is 0.326 e. The predicted octanol–water partition coefficient (Wildman–Crippen LogP) is 3.54. The minimum atomic E-state index is -1.07. The first kappa shape index (κ1) is 21.7. The predicted molar refractivity (Wildman–Crippen MR) is 109 cm³/mol. The summed E-state index contributed by atoms with van der Waals surface area (Å²) in [7, 11) is 0. The number of hydrogen-bond donors (Lipinski definition) is 2. The monoisotopic (exact) mass is 386 g/mol. The average Bonchev–Trinajstić information content (AvgIpc) is 2.89. The van der Waals surface area contributed by atoms with Gasteiger partial charge in [0.1, 0.15) is 6.04 Å². The van der Waals surface area contributed by atoms with Gasteiger partial charge in [0, 0.05) is 31.0 Å². The molecule has 0 spiro atoms. The van der Waals surface area contributed by atoms with Crippen LogP contribution in [-0.4, -0.2) is 39.8 Å². The number of nitrogens with zero attached hydrogens (tertiary/aromatic N) is 1. The third-order valence-corrected chi connectivity index (χ3v) is 4.55. The van der Waals surface area contributed by atoms with Crippen LogP contribution in [0, 0.1) is 13.8 Å². The third-order valence-electron chi connectivity index (χ3n) is 4.55. The van der Waals surface area contributed by atoms with Gasteiger partial charge in [-0.1, -0.05) is 30.3 Å². The zero-order valence-electron chi connectivity index (χ0n) is 17.3. The van der Waals surface area contributed by atoms with E-state index in [0.29, 0.717) is 12.1 Å². The maximum Gasteiger partial charge on any atom is 0.326 e. The molecule has 1 heterocycles. The van der Waals surface area contributed by atoms with Crippen LogP contribution in [0.3, 0.4) is 0 Å². The van der Waals surface area contributed by atoms with E-state index in [0.717, 1.165) is 17.0 Å². The number of aryl methyl sites for hydroxylation is 1. The first-order valence-corrected chi connectivity index (χ1v) is 9.47. The Morgan fingerprint density at radius 3 is 2.39 bits per heavy atom. The molecule has 0 radical (unpaired) electrons. The van der Waals surface area contributed by atoms with Gasteiger partial charge in [0.2, 0.25) is 0 Å². The van der Waals surface area contributed by atoms with E-state index in [4.69, 9.17) is 4.74 Å². The highest BCUT2D eigenvalue weighted by Gasteiger charge is 2.24. The number of carbonyl (C=O) groups excluding carboxylic acids is 1. The molecule has 0 aliphatic rings. The summed E-state index contributed by atoms with van der Waals surface area (Å²) >= 11 is 0. The van der Waals surface area contributed by atoms with E-state index < -0.39 is 12.0 Å². The molecule has 6 nitrogen and oxygen atoms in total. The highest BCUT2D eigenvalue weighted by atomic mass is 16.5. The van der Waals surface area contributed by atoms with E-state index in [1.165, 1.54) is 0 Å². The number of hydrogen-bond acceptors (Lipinski definition) is 3. The summed E-state index contributed by atoms with van der Waals surface area (Å²) in [6.45, 7) is 10.5. The van der Waals surface area contributed by atoms with E-state index in [9.17, 15) is 14.7 Å². The molecule has 0 aliphatic carbocycles. The number of rotatable bonds is 8. The van der Waals surface area contributed by atoms with E-state index in [2.05, 4.69) is 9.88 Å². The molecule has 28 heavy (non-hydrogen) atoms. The summed E-state index contributed by atoms with van der Waals surface area (Å²) in [6, 6.07) is 10.8. The summed E-state index contributed by atoms with van der Waals surface area (Å²) in [5.74, 6) is -1.44. The largest absolute Gasteiger partial charge is 0.480 e. The highest BCUT2D eigenvalue weighted by molar-refractivity contribution is 5.97. The molecule has 1 unspecified atom stereocenters. The van der Waals surface area contributed by atoms with Crippen molar-refractivity contribution in [2.45, 2.75) is 59.2 Å². The van der Waals surface area contributed by atoms with Crippen molar-refractivity contribution in [2.24, 2.45) is 0 Å². The molecule has 152 valence electrons. The number of carboxylic acid groups (broad SMARTS) is 1. The van der Waals surface area contributed by atoms with Gasteiger partial charge in [-0.25, -0.2) is 4.79 Å². The van der Waals surface area contributed by atoms with Crippen LogP contribution in [0.2, 0.25) is 0 Å². The number of nitrogens with one attached hydrogen (secondary N) is 1. The number of benzene rings is 1. The second kappa shape index (κ2) is 9.06. The zero-order chi connectivity index (χ0) is 20.9. The topological polar surface area (TPSA) is 80.6 Å².